The number of pyridine rings is 3. The molecule has 0 aliphatic carbocycles. The van der Waals surface area contributed by atoms with Crippen molar-refractivity contribution in [3.63, 3.8) is 0 Å². The zero-order valence-electron chi connectivity index (χ0n) is 31.3. The van der Waals surface area contributed by atoms with Gasteiger partial charge in [0.2, 0.25) is 11.6 Å². The highest BCUT2D eigenvalue weighted by molar-refractivity contribution is 5.68. The van der Waals surface area contributed by atoms with Gasteiger partial charge in [0.05, 0.1) is 0 Å². The van der Waals surface area contributed by atoms with Gasteiger partial charge >= 0.3 is 18.3 Å². The molecule has 0 bridgehead atoms. The number of nitrogens with zero attached hydrogens (tertiary/aromatic N) is 8. The molecule has 0 saturated heterocycles. The molecule has 3 N–H and O–H groups in total. The fraction of sp³-hybridized carbons (Fsp3) is 0.417. The van der Waals surface area contributed by atoms with E-state index in [0.717, 1.165) is 16.7 Å². The molecule has 0 aliphatic heterocycles. The minimum atomic E-state index is -0.580. The summed E-state index contributed by atoms with van der Waals surface area (Å²) in [5.74, 6) is 0.446. The first-order valence-corrected chi connectivity index (χ1v) is 16.5. The Kier molecular flexibility index (Phi) is 14.2. The van der Waals surface area contributed by atoms with Crippen LogP contribution in [0.3, 0.4) is 0 Å². The maximum Gasteiger partial charge on any atom is 0.407 e. The number of nitrogens with one attached hydrogen (secondary N) is 3. The normalized spacial score (nSPS) is 11.2. The maximum atomic E-state index is 11.9. The summed E-state index contributed by atoms with van der Waals surface area (Å²) >= 11 is 0. The van der Waals surface area contributed by atoms with E-state index < -0.39 is 35.1 Å². The van der Waals surface area contributed by atoms with Crippen LogP contribution < -0.4 is 16.0 Å². The van der Waals surface area contributed by atoms with Gasteiger partial charge < -0.3 is 30.2 Å². The molecule has 17 heteroatoms. The first-order valence-electron chi connectivity index (χ1n) is 16.5. The van der Waals surface area contributed by atoms with Crippen LogP contribution in [0, 0.1) is 11.3 Å². The molecule has 4 aromatic rings. The third kappa shape index (κ3) is 16.1. The lowest BCUT2D eigenvalue weighted by Crippen LogP contribution is -2.32. The average molecular weight is 728 g/mol. The Morgan fingerprint density at radius 2 is 0.887 bits per heavy atom. The molecule has 0 saturated carbocycles. The van der Waals surface area contributed by atoms with Crippen molar-refractivity contribution in [3.8, 4) is 29.1 Å². The molecule has 0 atom stereocenters. The fourth-order valence-corrected chi connectivity index (χ4v) is 3.96. The van der Waals surface area contributed by atoms with Crippen LogP contribution >= 0.6 is 0 Å². The molecule has 4 heterocycles. The number of amides is 3. The first-order chi connectivity index (χ1) is 24.8. The number of carbonyl (C=O) groups excluding carboxylic acids is 3. The van der Waals surface area contributed by atoms with Crippen molar-refractivity contribution in [3.05, 3.63) is 77.4 Å². The van der Waals surface area contributed by atoms with E-state index in [1.165, 1.54) is 6.20 Å². The van der Waals surface area contributed by atoms with Crippen molar-refractivity contribution in [2.24, 2.45) is 0 Å². The number of alkyl carbamates (subject to hydrolysis) is 3. The lowest BCUT2D eigenvalue weighted by molar-refractivity contribution is 0.0512. The zero-order valence-corrected chi connectivity index (χ0v) is 31.3. The maximum absolute atomic E-state index is 11.9. The second-order valence-electron chi connectivity index (χ2n) is 14.4. The molecule has 0 fully saturated rings. The van der Waals surface area contributed by atoms with E-state index >= 15 is 0 Å². The van der Waals surface area contributed by atoms with E-state index in [4.69, 9.17) is 19.5 Å². The van der Waals surface area contributed by atoms with E-state index in [1.54, 1.807) is 111 Å². The molecular formula is C36H45N11O6. The van der Waals surface area contributed by atoms with Gasteiger partial charge in [-0.15, -0.1) is 20.4 Å². The summed E-state index contributed by atoms with van der Waals surface area (Å²) in [5, 5.41) is 33.2. The first kappa shape index (κ1) is 41.1. The predicted octanol–water partition coefficient (Wildman–Crippen LogP) is 5.42. The van der Waals surface area contributed by atoms with E-state index in [2.05, 4.69) is 51.3 Å². The van der Waals surface area contributed by atoms with Crippen LogP contribution in [-0.4, -0.2) is 70.4 Å². The number of hydrogen-bond donors (Lipinski definition) is 3. The summed E-state index contributed by atoms with van der Waals surface area (Å²) in [5.41, 5.74) is 1.93. The molecule has 0 aliphatic rings. The minimum absolute atomic E-state index is 0.223. The van der Waals surface area contributed by atoms with Gasteiger partial charge in [-0.2, -0.15) is 5.26 Å². The number of hydrogen-bond acceptors (Lipinski definition) is 14. The molecule has 3 amide bonds. The molecule has 0 aromatic carbocycles. The van der Waals surface area contributed by atoms with Gasteiger partial charge in [-0.3, -0.25) is 9.97 Å². The number of ether oxygens (including phenoxy) is 3. The van der Waals surface area contributed by atoms with Gasteiger partial charge in [0.25, 0.3) is 0 Å². The Morgan fingerprint density at radius 1 is 0.566 bits per heavy atom. The molecular weight excluding hydrogens is 682 g/mol. The van der Waals surface area contributed by atoms with Crippen molar-refractivity contribution < 1.29 is 28.6 Å². The molecule has 0 spiro atoms. The Hall–Kier alpha value is -6.31. The summed E-state index contributed by atoms with van der Waals surface area (Å²) in [6, 6.07) is 12.3. The third-order valence-corrected chi connectivity index (χ3v) is 6.03. The summed E-state index contributed by atoms with van der Waals surface area (Å²) in [4.78, 5) is 47.5. The highest BCUT2D eigenvalue weighted by Gasteiger charge is 2.18. The molecule has 4 aromatic heterocycles. The number of nitriles is 1. The summed E-state index contributed by atoms with van der Waals surface area (Å²) in [7, 11) is 0. The number of aromatic nitrogens is 7. The van der Waals surface area contributed by atoms with Gasteiger partial charge in [-0.25, -0.2) is 19.4 Å². The molecule has 4 rings (SSSR count). The average Bonchev–Trinajstić information content (AvgIpc) is 3.07. The van der Waals surface area contributed by atoms with Gasteiger partial charge in [0.1, 0.15) is 40.0 Å². The van der Waals surface area contributed by atoms with Crippen molar-refractivity contribution in [1.82, 2.24) is 51.3 Å². The predicted molar refractivity (Wildman–Crippen MR) is 192 cm³/mol. The van der Waals surface area contributed by atoms with Crippen molar-refractivity contribution >= 4 is 18.3 Å². The highest BCUT2D eigenvalue weighted by Crippen LogP contribution is 2.16. The van der Waals surface area contributed by atoms with Crippen LogP contribution in [0.5, 0.6) is 0 Å². The second kappa shape index (κ2) is 18.3. The summed E-state index contributed by atoms with van der Waals surface area (Å²) in [6.45, 7) is 17.0. The Balaban J connectivity index is 0.000000372. The van der Waals surface area contributed by atoms with Gasteiger partial charge in [0.15, 0.2) is 0 Å². The standard InChI is InChI=1S/C24H30N8O4.C12H15N3O2/c1-23(2,3)35-21(33)27-13-15-7-9-25-17(11-15)19-29-31-20(32-30-19)18-12-16(8-10-26-18)14-28-22(34)36-24(4,5)6;1-12(2,3)17-11(16)15-8-9-4-5-14-10(6-9)7-13/h7-12H,13-14H2,1-6H3,(H,27,33)(H,28,34);4-6H,8H2,1-3H3,(H,15,16). The Bertz CT molecular complexity index is 1800. The minimum Gasteiger partial charge on any atom is -0.444 e. The second-order valence-corrected chi connectivity index (χ2v) is 14.4. The summed E-state index contributed by atoms with van der Waals surface area (Å²) < 4.78 is 15.6. The monoisotopic (exact) mass is 727 g/mol. The lowest BCUT2D eigenvalue weighted by atomic mass is 10.2. The van der Waals surface area contributed by atoms with E-state index in [1.807, 2.05) is 6.07 Å². The van der Waals surface area contributed by atoms with E-state index in [-0.39, 0.29) is 24.7 Å². The SMILES string of the molecule is CC(C)(C)OC(=O)NCc1ccnc(-c2nnc(-c3cc(CNC(=O)OC(C)(C)C)ccn3)nn2)c1.CC(C)(C)OC(=O)NCc1ccnc(C#N)c1. The number of rotatable bonds is 8. The fourth-order valence-electron chi connectivity index (χ4n) is 3.96. The lowest BCUT2D eigenvalue weighted by Gasteiger charge is -2.19. The molecule has 280 valence electrons. The van der Waals surface area contributed by atoms with Crippen LogP contribution in [0.15, 0.2) is 55.0 Å². The van der Waals surface area contributed by atoms with Crippen LogP contribution in [0.25, 0.3) is 23.0 Å². The summed E-state index contributed by atoms with van der Waals surface area (Å²) in [6.07, 6.45) is 3.20. The van der Waals surface area contributed by atoms with Crippen molar-refractivity contribution in [1.29, 1.82) is 5.26 Å². The third-order valence-electron chi connectivity index (χ3n) is 6.03. The smallest absolute Gasteiger partial charge is 0.407 e. The molecule has 0 unspecified atom stereocenters. The van der Waals surface area contributed by atoms with Crippen LogP contribution in [-0.2, 0) is 33.8 Å². The van der Waals surface area contributed by atoms with Crippen LogP contribution in [0.4, 0.5) is 14.4 Å². The Labute approximate surface area is 308 Å². The Morgan fingerprint density at radius 3 is 1.21 bits per heavy atom. The van der Waals surface area contributed by atoms with Crippen LogP contribution in [0.2, 0.25) is 0 Å². The van der Waals surface area contributed by atoms with Crippen molar-refractivity contribution in [2.75, 3.05) is 0 Å². The van der Waals surface area contributed by atoms with Gasteiger partial charge in [-0.1, -0.05) is 0 Å². The van der Waals surface area contributed by atoms with Gasteiger partial charge in [0, 0.05) is 38.2 Å². The molecule has 53 heavy (non-hydrogen) atoms. The van der Waals surface area contributed by atoms with E-state index in [9.17, 15) is 14.4 Å². The van der Waals surface area contributed by atoms with Crippen molar-refractivity contribution in [2.45, 2.75) is 98.8 Å². The van der Waals surface area contributed by atoms with E-state index in [0.29, 0.717) is 23.6 Å². The largest absolute Gasteiger partial charge is 0.444 e. The van der Waals surface area contributed by atoms with Gasteiger partial charge in [-0.05, 0) is 115 Å². The van der Waals surface area contributed by atoms with Crippen LogP contribution in [0.1, 0.15) is 84.7 Å². The quantitative estimate of drug-likeness (QED) is 0.193. The molecule has 17 nitrogen and oxygen atoms in total. The topological polar surface area (TPSA) is 229 Å². The number of carbonyl (C=O) groups is 3. The highest BCUT2D eigenvalue weighted by atomic mass is 16.6. The zero-order chi connectivity index (χ0) is 39.2. The molecule has 0 radical (unpaired) electrons.